The van der Waals surface area contributed by atoms with Crippen molar-refractivity contribution in [1.82, 2.24) is 9.97 Å². The van der Waals surface area contributed by atoms with E-state index < -0.39 is 0 Å². The number of benzene rings is 7. The zero-order valence-electron chi connectivity index (χ0n) is 28.3. The molecule has 0 aliphatic heterocycles. The summed E-state index contributed by atoms with van der Waals surface area (Å²) < 4.78 is 6.65. The van der Waals surface area contributed by atoms with Crippen molar-refractivity contribution in [1.29, 1.82) is 0 Å². The summed E-state index contributed by atoms with van der Waals surface area (Å²) in [5, 5.41) is 3.07. The van der Waals surface area contributed by atoms with E-state index in [2.05, 4.69) is 152 Å². The highest BCUT2D eigenvalue weighted by Crippen LogP contribution is 2.51. The maximum atomic E-state index is 6.65. The molecule has 4 nitrogen and oxygen atoms in total. The first-order chi connectivity index (χ1) is 25.0. The van der Waals surface area contributed by atoms with E-state index in [1.807, 2.05) is 30.3 Å². The molecule has 9 aromatic rings. The fourth-order valence-corrected chi connectivity index (χ4v) is 8.01. The third kappa shape index (κ3) is 4.60. The van der Waals surface area contributed by atoms with Gasteiger partial charge in [-0.1, -0.05) is 123 Å². The van der Waals surface area contributed by atoms with E-state index in [1.54, 1.807) is 0 Å². The smallest absolute Gasteiger partial charge is 0.161 e. The van der Waals surface area contributed by atoms with Gasteiger partial charge in [0.2, 0.25) is 0 Å². The minimum atomic E-state index is -0.103. The van der Waals surface area contributed by atoms with Crippen LogP contribution >= 0.6 is 0 Å². The second kappa shape index (κ2) is 11.3. The molecule has 1 aliphatic carbocycles. The van der Waals surface area contributed by atoms with Gasteiger partial charge in [0, 0.05) is 55.8 Å². The van der Waals surface area contributed by atoms with Crippen LogP contribution in [0.3, 0.4) is 0 Å². The maximum Gasteiger partial charge on any atom is 0.161 e. The van der Waals surface area contributed by atoms with Crippen LogP contribution in [-0.4, -0.2) is 9.97 Å². The fourth-order valence-electron chi connectivity index (χ4n) is 8.01. The summed E-state index contributed by atoms with van der Waals surface area (Å²) in [6.07, 6.45) is 0. The zero-order valence-corrected chi connectivity index (χ0v) is 28.3. The van der Waals surface area contributed by atoms with Crippen LogP contribution in [0, 0.1) is 0 Å². The lowest BCUT2D eigenvalue weighted by Crippen LogP contribution is -2.16. The van der Waals surface area contributed by atoms with Gasteiger partial charge in [0.25, 0.3) is 0 Å². The summed E-state index contributed by atoms with van der Waals surface area (Å²) in [6.45, 7) is 4.66. The normalized spacial score (nSPS) is 13.1. The topological polar surface area (TPSA) is 42.2 Å². The first-order valence-electron chi connectivity index (χ1n) is 17.4. The van der Waals surface area contributed by atoms with Crippen LogP contribution in [0.2, 0.25) is 0 Å². The molecule has 7 aromatic carbocycles. The number of rotatable bonds is 5. The zero-order chi connectivity index (χ0) is 34.1. The summed E-state index contributed by atoms with van der Waals surface area (Å²) >= 11 is 0. The second-order valence-corrected chi connectivity index (χ2v) is 13.8. The lowest BCUT2D eigenvalue weighted by Gasteiger charge is -2.28. The van der Waals surface area contributed by atoms with Crippen molar-refractivity contribution >= 4 is 49.9 Å². The molecule has 51 heavy (non-hydrogen) atoms. The lowest BCUT2D eigenvalue weighted by molar-refractivity contribution is 0.660. The number of hydrogen-bond donors (Lipinski definition) is 0. The highest BCUT2D eigenvalue weighted by molar-refractivity contribution is 6.13. The van der Waals surface area contributed by atoms with E-state index in [0.717, 1.165) is 66.7 Å². The molecule has 0 unspecified atom stereocenters. The van der Waals surface area contributed by atoms with Crippen molar-refractivity contribution in [3.63, 3.8) is 0 Å². The molecule has 0 fully saturated rings. The Kier molecular flexibility index (Phi) is 6.49. The highest BCUT2D eigenvalue weighted by atomic mass is 16.3. The molecule has 0 spiro atoms. The van der Waals surface area contributed by atoms with Crippen LogP contribution in [-0.2, 0) is 5.41 Å². The number of fused-ring (bicyclic) bond motifs is 7. The molecule has 0 radical (unpaired) electrons. The minimum Gasteiger partial charge on any atom is -0.456 e. The fraction of sp³-hybridized carbons (Fsp3) is 0.0638. The Labute approximate surface area is 296 Å². The highest BCUT2D eigenvalue weighted by Gasteiger charge is 2.35. The van der Waals surface area contributed by atoms with E-state index in [-0.39, 0.29) is 5.41 Å². The number of anilines is 3. The molecule has 0 amide bonds. The van der Waals surface area contributed by atoms with Crippen LogP contribution in [0.1, 0.15) is 25.0 Å². The Morgan fingerprint density at radius 2 is 1.18 bits per heavy atom. The predicted octanol–water partition coefficient (Wildman–Crippen LogP) is 12.6. The number of furan rings is 1. The molecule has 1 aliphatic rings. The van der Waals surface area contributed by atoms with E-state index in [9.17, 15) is 0 Å². The number of hydrogen-bond acceptors (Lipinski definition) is 4. The average molecular weight is 656 g/mol. The third-order valence-corrected chi connectivity index (χ3v) is 10.5. The van der Waals surface area contributed by atoms with Crippen LogP contribution in [0.25, 0.3) is 66.6 Å². The SMILES string of the molecule is CC1(C)c2ccccc2-c2ccc(N(c3ccccc3)c3ccc4c(c3)oc3cccc(-c5nc(-c6ccccc6)c6ccccc6n5)c34)cc21. The van der Waals surface area contributed by atoms with Gasteiger partial charge in [-0.2, -0.15) is 0 Å². The van der Waals surface area contributed by atoms with Crippen LogP contribution in [0.4, 0.5) is 17.1 Å². The first kappa shape index (κ1) is 29.4. The van der Waals surface area contributed by atoms with Gasteiger partial charge in [0.1, 0.15) is 11.2 Å². The summed E-state index contributed by atoms with van der Waals surface area (Å²) in [7, 11) is 0. The Balaban J connectivity index is 1.14. The minimum absolute atomic E-state index is 0.103. The second-order valence-electron chi connectivity index (χ2n) is 13.8. The Morgan fingerprint density at radius 1 is 0.490 bits per heavy atom. The van der Waals surface area contributed by atoms with Gasteiger partial charge in [0.15, 0.2) is 5.82 Å². The van der Waals surface area contributed by atoms with Crippen molar-refractivity contribution < 1.29 is 4.42 Å². The molecule has 0 bridgehead atoms. The molecule has 10 rings (SSSR count). The Bertz CT molecular complexity index is 2780. The molecule has 4 heteroatoms. The van der Waals surface area contributed by atoms with Gasteiger partial charge in [0.05, 0.1) is 11.2 Å². The van der Waals surface area contributed by atoms with Gasteiger partial charge >= 0.3 is 0 Å². The molecule has 2 aromatic heterocycles. The van der Waals surface area contributed by atoms with Crippen molar-refractivity contribution in [3.05, 3.63) is 175 Å². The summed E-state index contributed by atoms with van der Waals surface area (Å²) in [5.41, 5.74) is 13.9. The van der Waals surface area contributed by atoms with Crippen LogP contribution in [0.5, 0.6) is 0 Å². The van der Waals surface area contributed by atoms with Gasteiger partial charge in [-0.05, 0) is 70.8 Å². The molecule has 242 valence electrons. The summed E-state index contributed by atoms with van der Waals surface area (Å²) in [6, 6.07) is 57.5. The molecule has 0 saturated heterocycles. The van der Waals surface area contributed by atoms with Crippen molar-refractivity contribution in [3.8, 4) is 33.8 Å². The molecular weight excluding hydrogens is 623 g/mol. The van der Waals surface area contributed by atoms with Gasteiger partial charge in [-0.3, -0.25) is 0 Å². The van der Waals surface area contributed by atoms with Crippen molar-refractivity contribution in [2.45, 2.75) is 19.3 Å². The number of aromatic nitrogens is 2. The number of nitrogens with zero attached hydrogens (tertiary/aromatic N) is 3. The summed E-state index contributed by atoms with van der Waals surface area (Å²) in [4.78, 5) is 12.6. The summed E-state index contributed by atoms with van der Waals surface area (Å²) in [5.74, 6) is 0.678. The van der Waals surface area contributed by atoms with Crippen LogP contribution < -0.4 is 4.90 Å². The van der Waals surface area contributed by atoms with Crippen molar-refractivity contribution in [2.75, 3.05) is 4.90 Å². The molecule has 0 N–H and O–H groups in total. The van der Waals surface area contributed by atoms with Crippen molar-refractivity contribution in [2.24, 2.45) is 0 Å². The third-order valence-electron chi connectivity index (χ3n) is 10.5. The van der Waals surface area contributed by atoms with E-state index >= 15 is 0 Å². The van der Waals surface area contributed by atoms with E-state index in [4.69, 9.17) is 14.4 Å². The molecule has 0 atom stereocenters. The monoisotopic (exact) mass is 655 g/mol. The molecular formula is C47H33N3O. The molecule has 0 saturated carbocycles. The van der Waals surface area contributed by atoms with Gasteiger partial charge in [-0.25, -0.2) is 9.97 Å². The van der Waals surface area contributed by atoms with E-state index in [0.29, 0.717) is 5.82 Å². The molecule has 2 heterocycles. The average Bonchev–Trinajstić information content (AvgIpc) is 3.67. The lowest BCUT2D eigenvalue weighted by atomic mass is 9.82. The number of para-hydroxylation sites is 2. The maximum absolute atomic E-state index is 6.65. The van der Waals surface area contributed by atoms with E-state index in [1.165, 1.54) is 22.3 Å². The van der Waals surface area contributed by atoms with Gasteiger partial charge < -0.3 is 9.32 Å². The quantitative estimate of drug-likeness (QED) is 0.185. The standard InChI is InChI=1S/C47H33N3O/c1-47(2)39-21-11-9-18-34(39)35-26-24-32(28-40(35)47)50(31-16-7-4-8-17-31)33-25-27-37-43(29-33)51-42-23-13-20-38(44(37)42)46-48-41-22-12-10-19-36(41)45(49-46)30-14-5-3-6-15-30/h3-29H,1-2H3. The van der Waals surface area contributed by atoms with Gasteiger partial charge in [-0.15, -0.1) is 0 Å². The Morgan fingerprint density at radius 3 is 2.04 bits per heavy atom. The largest absolute Gasteiger partial charge is 0.456 e. The Hall–Kier alpha value is -6.52. The van der Waals surface area contributed by atoms with Crippen LogP contribution in [0.15, 0.2) is 168 Å². The predicted molar refractivity (Wildman–Crippen MR) is 210 cm³/mol. The first-order valence-corrected chi connectivity index (χ1v) is 17.4.